The first-order valence-electron chi connectivity index (χ1n) is 6.70. The first-order chi connectivity index (χ1) is 9.72. The standard InChI is InChI=1S/C11H16F3N3.C2H5NO/c1-7(2)16-4-5-17-9(6-16)10(8(3)15-17)11(12,13)14;1-3-2-4/h7H,4-6H2,1-3H3;2H,1H3,(H,3,4). The van der Waals surface area contributed by atoms with E-state index in [4.69, 9.17) is 4.79 Å². The first-order valence-corrected chi connectivity index (χ1v) is 6.70. The van der Waals surface area contributed by atoms with Gasteiger partial charge in [0.05, 0.1) is 17.9 Å². The quantitative estimate of drug-likeness (QED) is 0.848. The van der Waals surface area contributed by atoms with Crippen LogP contribution >= 0.6 is 0 Å². The van der Waals surface area contributed by atoms with Crippen molar-refractivity contribution in [3.8, 4) is 0 Å². The molecule has 0 radical (unpaired) electrons. The molecular weight excluding hydrogens is 285 g/mol. The Labute approximate surface area is 122 Å². The van der Waals surface area contributed by atoms with Gasteiger partial charge in [-0.1, -0.05) is 0 Å². The molecule has 8 heteroatoms. The average molecular weight is 306 g/mol. The molecule has 1 aliphatic heterocycles. The van der Waals surface area contributed by atoms with Crippen LogP contribution in [-0.4, -0.2) is 40.7 Å². The molecule has 0 atom stereocenters. The van der Waals surface area contributed by atoms with Gasteiger partial charge in [0.25, 0.3) is 0 Å². The van der Waals surface area contributed by atoms with Crippen molar-refractivity contribution in [2.24, 2.45) is 0 Å². The van der Waals surface area contributed by atoms with Gasteiger partial charge in [-0.05, 0) is 20.8 Å². The molecule has 0 bridgehead atoms. The number of rotatable bonds is 2. The summed E-state index contributed by atoms with van der Waals surface area (Å²) < 4.78 is 40.3. The van der Waals surface area contributed by atoms with Crippen LogP contribution in [0.5, 0.6) is 0 Å². The number of carbonyl (C=O) groups excluding carboxylic acids is 1. The molecule has 2 rings (SSSR count). The summed E-state index contributed by atoms with van der Waals surface area (Å²) in [6.45, 7) is 7.02. The lowest BCUT2D eigenvalue weighted by molar-refractivity contribution is -0.139. The van der Waals surface area contributed by atoms with Gasteiger partial charge in [-0.25, -0.2) is 0 Å². The Kier molecular flexibility index (Phi) is 5.77. The Balaban J connectivity index is 0.000000491. The second-order valence-corrected chi connectivity index (χ2v) is 5.10. The first kappa shape index (κ1) is 17.5. The van der Waals surface area contributed by atoms with Crippen LogP contribution in [0.2, 0.25) is 0 Å². The van der Waals surface area contributed by atoms with Gasteiger partial charge in [-0.3, -0.25) is 14.4 Å². The molecule has 1 aliphatic rings. The van der Waals surface area contributed by atoms with Crippen LogP contribution in [-0.2, 0) is 24.1 Å². The zero-order valence-corrected chi connectivity index (χ0v) is 12.7. The van der Waals surface area contributed by atoms with Crippen molar-refractivity contribution in [3.05, 3.63) is 17.0 Å². The zero-order chi connectivity index (χ0) is 16.2. The van der Waals surface area contributed by atoms with Crippen LogP contribution in [0.25, 0.3) is 0 Å². The van der Waals surface area contributed by atoms with E-state index in [1.54, 1.807) is 7.05 Å². The SMILES string of the molecule is CNC=O.Cc1nn2c(c1C(F)(F)F)CN(C(C)C)CC2. The Morgan fingerprint density at radius 3 is 2.33 bits per heavy atom. The van der Waals surface area contributed by atoms with Crippen LogP contribution in [0.4, 0.5) is 13.2 Å². The molecule has 0 spiro atoms. The van der Waals surface area contributed by atoms with Crippen LogP contribution in [0.3, 0.4) is 0 Å². The van der Waals surface area contributed by atoms with Crippen molar-refractivity contribution in [1.29, 1.82) is 0 Å². The molecule has 0 unspecified atom stereocenters. The lowest BCUT2D eigenvalue weighted by atomic mass is 10.1. The highest BCUT2D eigenvalue weighted by molar-refractivity contribution is 5.44. The van der Waals surface area contributed by atoms with E-state index in [1.165, 1.54) is 11.6 Å². The summed E-state index contributed by atoms with van der Waals surface area (Å²) in [6.07, 6.45) is -3.68. The van der Waals surface area contributed by atoms with Gasteiger partial charge < -0.3 is 5.32 Å². The Morgan fingerprint density at radius 2 is 1.90 bits per heavy atom. The minimum Gasteiger partial charge on any atom is -0.362 e. The molecule has 0 saturated carbocycles. The fourth-order valence-electron chi connectivity index (χ4n) is 2.28. The number of aryl methyl sites for hydroxylation is 1. The molecule has 21 heavy (non-hydrogen) atoms. The molecule has 1 amide bonds. The number of fused-ring (bicyclic) bond motifs is 1. The maximum absolute atomic E-state index is 12.9. The normalized spacial score (nSPS) is 15.2. The van der Waals surface area contributed by atoms with Crippen molar-refractivity contribution in [2.45, 2.75) is 46.1 Å². The van der Waals surface area contributed by atoms with Gasteiger partial charge in [0, 0.05) is 26.2 Å². The highest BCUT2D eigenvalue weighted by Gasteiger charge is 2.40. The van der Waals surface area contributed by atoms with E-state index in [0.717, 1.165) is 6.54 Å². The van der Waals surface area contributed by atoms with Crippen molar-refractivity contribution >= 4 is 6.41 Å². The molecular formula is C13H21F3N4O. The molecule has 2 heterocycles. The maximum atomic E-state index is 12.9. The van der Waals surface area contributed by atoms with Gasteiger partial charge >= 0.3 is 6.18 Å². The third kappa shape index (κ3) is 4.20. The van der Waals surface area contributed by atoms with Gasteiger partial charge in [0.1, 0.15) is 5.56 Å². The van der Waals surface area contributed by atoms with Gasteiger partial charge in [0.2, 0.25) is 6.41 Å². The van der Waals surface area contributed by atoms with Crippen molar-refractivity contribution in [1.82, 2.24) is 20.0 Å². The zero-order valence-electron chi connectivity index (χ0n) is 12.7. The van der Waals surface area contributed by atoms with E-state index in [1.807, 2.05) is 18.7 Å². The summed E-state index contributed by atoms with van der Waals surface area (Å²) in [5, 5.41) is 6.23. The van der Waals surface area contributed by atoms with Gasteiger partial charge in [0.15, 0.2) is 0 Å². The lowest BCUT2D eigenvalue weighted by Crippen LogP contribution is -2.39. The molecule has 1 aromatic heterocycles. The summed E-state index contributed by atoms with van der Waals surface area (Å²) in [7, 11) is 1.56. The van der Waals surface area contributed by atoms with E-state index in [2.05, 4.69) is 10.4 Å². The summed E-state index contributed by atoms with van der Waals surface area (Å²) in [6, 6.07) is 0.250. The van der Waals surface area contributed by atoms with Crippen molar-refractivity contribution in [3.63, 3.8) is 0 Å². The highest BCUT2D eigenvalue weighted by Crippen LogP contribution is 2.36. The highest BCUT2D eigenvalue weighted by atomic mass is 19.4. The fourth-order valence-corrected chi connectivity index (χ4v) is 2.28. The number of carbonyl (C=O) groups is 1. The number of nitrogens with one attached hydrogen (secondary N) is 1. The number of nitrogens with zero attached hydrogens (tertiary/aromatic N) is 3. The van der Waals surface area contributed by atoms with Crippen LogP contribution in [0.15, 0.2) is 0 Å². The number of alkyl halides is 3. The molecule has 1 aromatic rings. The van der Waals surface area contributed by atoms with Crippen LogP contribution in [0, 0.1) is 6.92 Å². The lowest BCUT2D eigenvalue weighted by Gasteiger charge is -2.31. The number of halogens is 3. The number of aromatic nitrogens is 2. The number of hydrogen-bond donors (Lipinski definition) is 1. The largest absolute Gasteiger partial charge is 0.420 e. The van der Waals surface area contributed by atoms with E-state index >= 15 is 0 Å². The fraction of sp³-hybridized carbons (Fsp3) is 0.692. The Bertz CT molecular complexity index is 482. The minimum atomic E-state index is -4.31. The second kappa shape index (κ2) is 6.93. The predicted molar refractivity (Wildman–Crippen MR) is 72.6 cm³/mol. The topological polar surface area (TPSA) is 50.2 Å². The Hall–Kier alpha value is -1.57. The van der Waals surface area contributed by atoms with Crippen LogP contribution < -0.4 is 5.32 Å². The Morgan fingerprint density at radius 1 is 1.33 bits per heavy atom. The summed E-state index contributed by atoms with van der Waals surface area (Å²) >= 11 is 0. The monoisotopic (exact) mass is 306 g/mol. The van der Waals surface area contributed by atoms with E-state index in [-0.39, 0.29) is 11.7 Å². The molecule has 0 saturated heterocycles. The summed E-state index contributed by atoms with van der Waals surface area (Å²) in [5.41, 5.74) is -0.170. The van der Waals surface area contributed by atoms with E-state index in [0.29, 0.717) is 25.2 Å². The molecule has 5 nitrogen and oxygen atoms in total. The summed E-state index contributed by atoms with van der Waals surface area (Å²) in [4.78, 5) is 11.1. The van der Waals surface area contributed by atoms with E-state index in [9.17, 15) is 13.2 Å². The average Bonchev–Trinajstić information content (AvgIpc) is 2.73. The van der Waals surface area contributed by atoms with Crippen molar-refractivity contribution in [2.75, 3.05) is 13.6 Å². The smallest absolute Gasteiger partial charge is 0.362 e. The maximum Gasteiger partial charge on any atom is 0.420 e. The summed E-state index contributed by atoms with van der Waals surface area (Å²) in [5.74, 6) is 0. The number of hydrogen-bond acceptors (Lipinski definition) is 3. The second-order valence-electron chi connectivity index (χ2n) is 5.10. The minimum absolute atomic E-state index is 0.0816. The predicted octanol–water partition coefficient (Wildman–Crippen LogP) is 1.80. The van der Waals surface area contributed by atoms with Gasteiger partial charge in [-0.2, -0.15) is 18.3 Å². The molecule has 0 fully saturated rings. The molecule has 1 N–H and O–H groups in total. The van der Waals surface area contributed by atoms with Crippen LogP contribution in [0.1, 0.15) is 30.8 Å². The molecule has 0 aliphatic carbocycles. The third-order valence-electron chi connectivity index (χ3n) is 3.32. The number of amides is 1. The molecule has 0 aromatic carbocycles. The van der Waals surface area contributed by atoms with Crippen molar-refractivity contribution < 1.29 is 18.0 Å². The third-order valence-corrected chi connectivity index (χ3v) is 3.32. The van der Waals surface area contributed by atoms with Gasteiger partial charge in [-0.15, -0.1) is 0 Å². The molecule has 120 valence electrons. The van der Waals surface area contributed by atoms with E-state index < -0.39 is 11.7 Å².